The molecule has 3 nitrogen and oxygen atoms in total. The van der Waals surface area contributed by atoms with Gasteiger partial charge in [0.1, 0.15) is 17.4 Å². The van der Waals surface area contributed by atoms with Crippen LogP contribution in [0.15, 0.2) is 30.3 Å². The SMILES string of the molecule is CC(C)c1cc(CO)cc(Oc2cc(F)cc(F)c2)n1. The van der Waals surface area contributed by atoms with Gasteiger partial charge in [0, 0.05) is 30.0 Å². The number of ether oxygens (including phenoxy) is 1. The first-order valence-electron chi connectivity index (χ1n) is 6.23. The number of benzene rings is 1. The van der Waals surface area contributed by atoms with E-state index in [4.69, 9.17) is 4.74 Å². The van der Waals surface area contributed by atoms with Crippen molar-refractivity contribution in [3.63, 3.8) is 0 Å². The quantitative estimate of drug-likeness (QED) is 0.926. The molecule has 0 amide bonds. The topological polar surface area (TPSA) is 42.4 Å². The summed E-state index contributed by atoms with van der Waals surface area (Å²) in [5.74, 6) is -1.07. The highest BCUT2D eigenvalue weighted by atomic mass is 19.1. The van der Waals surface area contributed by atoms with Crippen molar-refractivity contribution >= 4 is 0 Å². The Labute approximate surface area is 115 Å². The van der Waals surface area contributed by atoms with Crippen molar-refractivity contribution < 1.29 is 18.6 Å². The van der Waals surface area contributed by atoms with Gasteiger partial charge in [-0.05, 0) is 17.5 Å². The Bertz CT molecular complexity index is 595. The van der Waals surface area contributed by atoms with E-state index in [-0.39, 0.29) is 24.2 Å². The summed E-state index contributed by atoms with van der Waals surface area (Å²) in [5, 5.41) is 9.22. The van der Waals surface area contributed by atoms with Crippen LogP contribution in [0.25, 0.3) is 0 Å². The van der Waals surface area contributed by atoms with E-state index in [0.29, 0.717) is 5.56 Å². The van der Waals surface area contributed by atoms with Gasteiger partial charge >= 0.3 is 0 Å². The van der Waals surface area contributed by atoms with Gasteiger partial charge in [-0.2, -0.15) is 0 Å². The number of halogens is 2. The molecular weight excluding hydrogens is 264 g/mol. The molecule has 5 heteroatoms. The van der Waals surface area contributed by atoms with Crippen molar-refractivity contribution in [2.75, 3.05) is 0 Å². The Balaban J connectivity index is 2.34. The second-order valence-electron chi connectivity index (χ2n) is 4.76. The van der Waals surface area contributed by atoms with Crippen LogP contribution in [0.1, 0.15) is 31.0 Å². The number of aromatic nitrogens is 1. The van der Waals surface area contributed by atoms with Crippen molar-refractivity contribution in [2.24, 2.45) is 0 Å². The summed E-state index contributed by atoms with van der Waals surface area (Å²) in [5.41, 5.74) is 1.37. The zero-order valence-electron chi connectivity index (χ0n) is 11.2. The van der Waals surface area contributed by atoms with Crippen LogP contribution in [0.4, 0.5) is 8.78 Å². The number of nitrogens with zero attached hydrogens (tertiary/aromatic N) is 1. The van der Waals surface area contributed by atoms with E-state index in [1.807, 2.05) is 13.8 Å². The fraction of sp³-hybridized carbons (Fsp3) is 0.267. The lowest BCUT2D eigenvalue weighted by Gasteiger charge is -2.11. The van der Waals surface area contributed by atoms with Gasteiger partial charge in [0.25, 0.3) is 0 Å². The lowest BCUT2D eigenvalue weighted by molar-refractivity contribution is 0.280. The summed E-state index contributed by atoms with van der Waals surface area (Å²) in [6.45, 7) is 3.75. The highest BCUT2D eigenvalue weighted by molar-refractivity contribution is 5.32. The van der Waals surface area contributed by atoms with Gasteiger partial charge in [0.2, 0.25) is 5.88 Å². The molecule has 1 N–H and O–H groups in total. The fourth-order valence-corrected chi connectivity index (χ4v) is 1.73. The summed E-state index contributed by atoms with van der Waals surface area (Å²) < 4.78 is 31.6. The zero-order valence-corrected chi connectivity index (χ0v) is 11.2. The Morgan fingerprint density at radius 3 is 2.30 bits per heavy atom. The van der Waals surface area contributed by atoms with Crippen molar-refractivity contribution in [3.05, 3.63) is 53.2 Å². The third-order valence-electron chi connectivity index (χ3n) is 2.71. The van der Waals surface area contributed by atoms with Gasteiger partial charge in [-0.15, -0.1) is 0 Å². The maximum Gasteiger partial charge on any atom is 0.219 e. The van der Waals surface area contributed by atoms with Crippen LogP contribution in [0.5, 0.6) is 11.6 Å². The van der Waals surface area contributed by atoms with Crippen LogP contribution in [-0.2, 0) is 6.61 Å². The molecular formula is C15H15F2NO2. The molecule has 2 aromatic rings. The van der Waals surface area contributed by atoms with Crippen LogP contribution in [0.3, 0.4) is 0 Å². The van der Waals surface area contributed by atoms with E-state index in [1.165, 1.54) is 6.07 Å². The van der Waals surface area contributed by atoms with E-state index in [2.05, 4.69) is 4.98 Å². The molecule has 1 heterocycles. The molecule has 2 rings (SSSR count). The number of pyridine rings is 1. The molecule has 0 unspecified atom stereocenters. The van der Waals surface area contributed by atoms with Gasteiger partial charge in [0.15, 0.2) is 0 Å². The molecule has 0 bridgehead atoms. The second-order valence-corrected chi connectivity index (χ2v) is 4.76. The average Bonchev–Trinajstić information content (AvgIpc) is 2.36. The van der Waals surface area contributed by atoms with Gasteiger partial charge in [-0.1, -0.05) is 13.8 Å². The van der Waals surface area contributed by atoms with E-state index in [1.54, 1.807) is 6.07 Å². The largest absolute Gasteiger partial charge is 0.439 e. The fourth-order valence-electron chi connectivity index (χ4n) is 1.73. The number of aliphatic hydroxyl groups is 1. The molecule has 0 aliphatic rings. The molecule has 0 spiro atoms. The highest BCUT2D eigenvalue weighted by Gasteiger charge is 2.09. The first-order chi connectivity index (χ1) is 9.47. The van der Waals surface area contributed by atoms with Crippen LogP contribution < -0.4 is 4.74 Å². The molecule has 106 valence electrons. The first-order valence-corrected chi connectivity index (χ1v) is 6.23. The monoisotopic (exact) mass is 279 g/mol. The number of hydrogen-bond acceptors (Lipinski definition) is 3. The van der Waals surface area contributed by atoms with Gasteiger partial charge < -0.3 is 9.84 Å². The normalized spacial score (nSPS) is 10.9. The molecule has 0 radical (unpaired) electrons. The third kappa shape index (κ3) is 3.51. The Hall–Kier alpha value is -2.01. The van der Waals surface area contributed by atoms with Gasteiger partial charge in [-0.25, -0.2) is 13.8 Å². The standard InChI is InChI=1S/C15H15F2NO2/c1-9(2)14-3-10(8-19)4-15(18-14)20-13-6-11(16)5-12(17)7-13/h3-7,9,19H,8H2,1-2H3. The lowest BCUT2D eigenvalue weighted by Crippen LogP contribution is -1.99. The average molecular weight is 279 g/mol. The summed E-state index contributed by atoms with van der Waals surface area (Å²) in [4.78, 5) is 4.26. The highest BCUT2D eigenvalue weighted by Crippen LogP contribution is 2.25. The van der Waals surface area contributed by atoms with E-state index in [0.717, 1.165) is 23.9 Å². The Kier molecular flexibility index (Phi) is 4.29. The van der Waals surface area contributed by atoms with Crippen molar-refractivity contribution in [1.29, 1.82) is 0 Å². The summed E-state index contributed by atoms with van der Waals surface area (Å²) >= 11 is 0. The minimum absolute atomic E-state index is 0.0276. The maximum atomic E-state index is 13.1. The summed E-state index contributed by atoms with van der Waals surface area (Å²) in [7, 11) is 0. The molecule has 0 atom stereocenters. The van der Waals surface area contributed by atoms with Crippen LogP contribution in [0.2, 0.25) is 0 Å². The van der Waals surface area contributed by atoms with Crippen molar-refractivity contribution in [2.45, 2.75) is 26.4 Å². The zero-order chi connectivity index (χ0) is 14.7. The summed E-state index contributed by atoms with van der Waals surface area (Å²) in [6, 6.07) is 6.22. The molecule has 0 saturated carbocycles. The second kappa shape index (κ2) is 5.96. The minimum Gasteiger partial charge on any atom is -0.439 e. The molecule has 0 fully saturated rings. The van der Waals surface area contributed by atoms with Gasteiger partial charge in [0.05, 0.1) is 6.61 Å². The third-order valence-corrected chi connectivity index (χ3v) is 2.71. The molecule has 20 heavy (non-hydrogen) atoms. The van der Waals surface area contributed by atoms with Crippen LogP contribution >= 0.6 is 0 Å². The lowest BCUT2D eigenvalue weighted by atomic mass is 10.1. The summed E-state index contributed by atoms with van der Waals surface area (Å²) in [6.07, 6.45) is 0. The number of rotatable bonds is 4. The number of hydrogen-bond donors (Lipinski definition) is 1. The van der Waals surface area contributed by atoms with Gasteiger partial charge in [-0.3, -0.25) is 0 Å². The Morgan fingerprint density at radius 1 is 1.10 bits per heavy atom. The predicted molar refractivity (Wildman–Crippen MR) is 70.7 cm³/mol. The predicted octanol–water partition coefficient (Wildman–Crippen LogP) is 3.77. The molecule has 0 saturated heterocycles. The van der Waals surface area contributed by atoms with E-state index in [9.17, 15) is 13.9 Å². The molecule has 0 aliphatic heterocycles. The van der Waals surface area contributed by atoms with E-state index >= 15 is 0 Å². The molecule has 1 aromatic heterocycles. The minimum atomic E-state index is -0.720. The first kappa shape index (κ1) is 14.4. The maximum absolute atomic E-state index is 13.1. The van der Waals surface area contributed by atoms with Crippen LogP contribution in [0, 0.1) is 11.6 Å². The molecule has 0 aliphatic carbocycles. The van der Waals surface area contributed by atoms with Crippen molar-refractivity contribution in [3.8, 4) is 11.6 Å². The van der Waals surface area contributed by atoms with Crippen molar-refractivity contribution in [1.82, 2.24) is 4.98 Å². The van der Waals surface area contributed by atoms with E-state index < -0.39 is 11.6 Å². The van der Waals surface area contributed by atoms with Crippen LogP contribution in [-0.4, -0.2) is 10.1 Å². The number of aliphatic hydroxyl groups excluding tert-OH is 1. The smallest absolute Gasteiger partial charge is 0.219 e. The Morgan fingerprint density at radius 2 is 1.75 bits per heavy atom. The molecule has 1 aromatic carbocycles.